The van der Waals surface area contributed by atoms with Gasteiger partial charge in [0, 0.05) is 0 Å². The zero-order valence-corrected chi connectivity index (χ0v) is 9.00. The highest BCUT2D eigenvalue weighted by Crippen LogP contribution is 2.18. The van der Waals surface area contributed by atoms with Gasteiger partial charge in [-0.15, -0.1) is 0 Å². The van der Waals surface area contributed by atoms with Crippen molar-refractivity contribution < 1.29 is 5.11 Å². The van der Waals surface area contributed by atoms with Crippen molar-refractivity contribution >= 4 is 0 Å². The van der Waals surface area contributed by atoms with Crippen molar-refractivity contribution in [3.05, 3.63) is 19.1 Å². The molecule has 1 radical (unpaired) electrons. The van der Waals surface area contributed by atoms with E-state index in [1.807, 2.05) is 6.92 Å². The summed E-state index contributed by atoms with van der Waals surface area (Å²) in [6, 6.07) is 0. The zero-order chi connectivity index (χ0) is 10.1. The lowest BCUT2D eigenvalue weighted by Gasteiger charge is -2.19. The highest BCUT2D eigenvalue weighted by atomic mass is 16.3. The molecule has 0 aliphatic carbocycles. The molecule has 77 valence electrons. The summed E-state index contributed by atoms with van der Waals surface area (Å²) in [5.74, 6) is 0.442. The summed E-state index contributed by atoms with van der Waals surface area (Å²) < 4.78 is 0. The first-order chi connectivity index (χ1) is 6.26. The fourth-order valence-electron chi connectivity index (χ4n) is 1.56. The number of allylic oxidation sites excluding steroid dienone is 2. The lowest BCUT2D eigenvalue weighted by molar-refractivity contribution is 0.0993. The van der Waals surface area contributed by atoms with E-state index in [2.05, 4.69) is 26.0 Å². The van der Waals surface area contributed by atoms with Crippen molar-refractivity contribution in [2.24, 2.45) is 5.92 Å². The molecule has 0 saturated heterocycles. The average molecular weight is 183 g/mol. The van der Waals surface area contributed by atoms with E-state index in [1.165, 1.54) is 0 Å². The van der Waals surface area contributed by atoms with Gasteiger partial charge in [0.15, 0.2) is 0 Å². The van der Waals surface area contributed by atoms with Crippen LogP contribution in [0.1, 0.15) is 46.0 Å². The molecular formula is C12H23O. The van der Waals surface area contributed by atoms with E-state index in [0.717, 1.165) is 32.1 Å². The van der Waals surface area contributed by atoms with Crippen LogP contribution in [0.4, 0.5) is 0 Å². The summed E-state index contributed by atoms with van der Waals surface area (Å²) in [6.45, 7) is 7.95. The highest BCUT2D eigenvalue weighted by molar-refractivity contribution is 4.86. The van der Waals surface area contributed by atoms with Crippen LogP contribution < -0.4 is 0 Å². The summed E-state index contributed by atoms with van der Waals surface area (Å²) in [5.41, 5.74) is 0. The molecule has 2 unspecified atom stereocenters. The number of hydrogen-bond donors (Lipinski definition) is 1. The Balaban J connectivity index is 3.85. The minimum absolute atomic E-state index is 0.130. The fourth-order valence-corrected chi connectivity index (χ4v) is 1.56. The second-order valence-electron chi connectivity index (χ2n) is 3.52. The molecule has 0 aromatic heterocycles. The quantitative estimate of drug-likeness (QED) is 0.600. The van der Waals surface area contributed by atoms with Gasteiger partial charge in [0.2, 0.25) is 0 Å². The smallest absolute Gasteiger partial charge is 0.0568 e. The predicted molar refractivity (Wildman–Crippen MR) is 58.4 cm³/mol. The molecule has 0 amide bonds. The van der Waals surface area contributed by atoms with Crippen LogP contribution in [0.2, 0.25) is 0 Å². The third kappa shape index (κ3) is 5.87. The van der Waals surface area contributed by atoms with Crippen LogP contribution in [0.5, 0.6) is 0 Å². The van der Waals surface area contributed by atoms with Crippen molar-refractivity contribution in [1.82, 2.24) is 0 Å². The van der Waals surface area contributed by atoms with E-state index in [1.54, 1.807) is 0 Å². The van der Waals surface area contributed by atoms with Crippen LogP contribution in [-0.4, -0.2) is 11.2 Å². The molecule has 0 aromatic rings. The minimum Gasteiger partial charge on any atom is -0.393 e. The molecule has 2 atom stereocenters. The summed E-state index contributed by atoms with van der Waals surface area (Å²) in [4.78, 5) is 0. The molecule has 1 nitrogen and oxygen atoms in total. The van der Waals surface area contributed by atoms with E-state index >= 15 is 0 Å². The number of hydrogen-bond acceptors (Lipinski definition) is 1. The standard InChI is InChI=1S/C12H23O/c1-4-7-8-10-11(9-5-2)12(13)6-3/h7-8,11-13H,1,4-6,9-10H2,2-3H3/b8-7+. The van der Waals surface area contributed by atoms with Crippen LogP contribution in [0.3, 0.4) is 0 Å². The first kappa shape index (κ1) is 12.7. The Morgan fingerprint density at radius 2 is 2.00 bits per heavy atom. The summed E-state index contributed by atoms with van der Waals surface area (Å²) in [5, 5.41) is 9.70. The second-order valence-corrected chi connectivity index (χ2v) is 3.52. The van der Waals surface area contributed by atoms with Gasteiger partial charge in [-0.25, -0.2) is 0 Å². The van der Waals surface area contributed by atoms with Gasteiger partial charge in [0.05, 0.1) is 6.10 Å². The Kier molecular flexibility index (Phi) is 8.11. The van der Waals surface area contributed by atoms with Crippen molar-refractivity contribution in [3.8, 4) is 0 Å². The lowest BCUT2D eigenvalue weighted by Crippen LogP contribution is -2.18. The van der Waals surface area contributed by atoms with Gasteiger partial charge < -0.3 is 5.11 Å². The highest BCUT2D eigenvalue weighted by Gasteiger charge is 2.14. The van der Waals surface area contributed by atoms with E-state index in [-0.39, 0.29) is 6.10 Å². The number of aliphatic hydroxyl groups is 1. The molecule has 1 heteroatoms. The van der Waals surface area contributed by atoms with Crippen molar-refractivity contribution in [1.29, 1.82) is 0 Å². The molecule has 0 rings (SSSR count). The van der Waals surface area contributed by atoms with E-state index in [9.17, 15) is 5.11 Å². The molecule has 0 fully saturated rings. The summed E-state index contributed by atoms with van der Waals surface area (Å²) in [6.07, 6.45) is 9.07. The molecule has 13 heavy (non-hydrogen) atoms. The average Bonchev–Trinajstić information content (AvgIpc) is 2.16. The van der Waals surface area contributed by atoms with Gasteiger partial charge in [0.25, 0.3) is 0 Å². The molecule has 0 aromatic carbocycles. The Labute approximate surface area is 82.9 Å². The monoisotopic (exact) mass is 183 g/mol. The number of aliphatic hydroxyl groups excluding tert-OH is 1. The maximum absolute atomic E-state index is 9.70. The van der Waals surface area contributed by atoms with E-state index < -0.39 is 0 Å². The first-order valence-electron chi connectivity index (χ1n) is 5.38. The Bertz CT molecular complexity index is 129. The first-order valence-corrected chi connectivity index (χ1v) is 5.38. The zero-order valence-electron chi connectivity index (χ0n) is 9.00. The Morgan fingerprint density at radius 1 is 1.31 bits per heavy atom. The van der Waals surface area contributed by atoms with Crippen LogP contribution in [0.15, 0.2) is 12.2 Å². The largest absolute Gasteiger partial charge is 0.393 e. The van der Waals surface area contributed by atoms with Gasteiger partial charge in [-0.05, 0) is 38.5 Å². The molecule has 0 saturated carbocycles. The van der Waals surface area contributed by atoms with Crippen LogP contribution in [-0.2, 0) is 0 Å². The SMILES string of the molecule is [CH2]C/C=C/CC(CCC)C(O)CC. The van der Waals surface area contributed by atoms with Crippen molar-refractivity contribution in [2.75, 3.05) is 0 Å². The molecule has 0 bridgehead atoms. The second kappa shape index (κ2) is 8.31. The van der Waals surface area contributed by atoms with E-state index in [4.69, 9.17) is 0 Å². The van der Waals surface area contributed by atoms with Crippen molar-refractivity contribution in [2.45, 2.75) is 52.1 Å². The predicted octanol–water partition coefficient (Wildman–Crippen LogP) is 3.34. The maximum Gasteiger partial charge on any atom is 0.0568 e. The van der Waals surface area contributed by atoms with Gasteiger partial charge in [0.1, 0.15) is 0 Å². The summed E-state index contributed by atoms with van der Waals surface area (Å²) in [7, 11) is 0. The van der Waals surface area contributed by atoms with Gasteiger partial charge >= 0.3 is 0 Å². The molecule has 0 spiro atoms. The molecule has 1 N–H and O–H groups in total. The third-order valence-electron chi connectivity index (χ3n) is 2.39. The normalized spacial score (nSPS) is 16.3. The van der Waals surface area contributed by atoms with Gasteiger partial charge in [-0.1, -0.05) is 32.4 Å². The van der Waals surface area contributed by atoms with Gasteiger partial charge in [-0.3, -0.25) is 0 Å². The molecule has 0 aliphatic rings. The Morgan fingerprint density at radius 3 is 2.46 bits per heavy atom. The summed E-state index contributed by atoms with van der Waals surface area (Å²) >= 11 is 0. The third-order valence-corrected chi connectivity index (χ3v) is 2.39. The number of rotatable bonds is 7. The topological polar surface area (TPSA) is 20.2 Å². The lowest BCUT2D eigenvalue weighted by atomic mass is 9.92. The minimum atomic E-state index is -0.130. The van der Waals surface area contributed by atoms with Crippen LogP contribution >= 0.6 is 0 Å². The van der Waals surface area contributed by atoms with Crippen LogP contribution in [0, 0.1) is 12.8 Å². The van der Waals surface area contributed by atoms with Gasteiger partial charge in [-0.2, -0.15) is 0 Å². The van der Waals surface area contributed by atoms with Crippen LogP contribution in [0.25, 0.3) is 0 Å². The fraction of sp³-hybridized carbons (Fsp3) is 0.750. The molecule has 0 heterocycles. The van der Waals surface area contributed by atoms with E-state index in [0.29, 0.717) is 5.92 Å². The Hall–Kier alpha value is -0.300. The molecule has 0 aliphatic heterocycles. The van der Waals surface area contributed by atoms with Crippen molar-refractivity contribution in [3.63, 3.8) is 0 Å². The maximum atomic E-state index is 9.70. The molecular weight excluding hydrogens is 160 g/mol.